The molecule has 0 spiro atoms. The minimum Gasteiger partial charge on any atom is -0.323 e. The van der Waals surface area contributed by atoms with Crippen LogP contribution in [0.5, 0.6) is 0 Å². The summed E-state index contributed by atoms with van der Waals surface area (Å²) in [5.74, 6) is 0.889. The van der Waals surface area contributed by atoms with E-state index in [9.17, 15) is 8.42 Å². The Bertz CT molecular complexity index is 526. The van der Waals surface area contributed by atoms with E-state index >= 15 is 0 Å². The lowest BCUT2D eigenvalue weighted by molar-refractivity contribution is 0.381. The maximum absolute atomic E-state index is 11.3. The molecule has 0 aromatic carbocycles. The first kappa shape index (κ1) is 14.3. The Balaban J connectivity index is 2.04. The molecule has 1 aliphatic heterocycles. The molecule has 108 valence electrons. The van der Waals surface area contributed by atoms with Crippen LogP contribution in [-0.4, -0.2) is 43.9 Å². The SMILES string of the molecule is CC(C)c1noc(N2CCC[C@@H](NS(C)(=O)=O)C2)n1. The van der Waals surface area contributed by atoms with E-state index in [0.717, 1.165) is 19.4 Å². The number of anilines is 1. The van der Waals surface area contributed by atoms with Crippen molar-refractivity contribution >= 4 is 16.0 Å². The van der Waals surface area contributed by atoms with Gasteiger partial charge in [0.05, 0.1) is 6.26 Å². The van der Waals surface area contributed by atoms with Crippen LogP contribution in [0.25, 0.3) is 0 Å². The van der Waals surface area contributed by atoms with Gasteiger partial charge >= 0.3 is 6.01 Å². The summed E-state index contributed by atoms with van der Waals surface area (Å²) in [5.41, 5.74) is 0. The van der Waals surface area contributed by atoms with Gasteiger partial charge in [0.2, 0.25) is 10.0 Å². The molecule has 7 nitrogen and oxygen atoms in total. The van der Waals surface area contributed by atoms with Gasteiger partial charge in [0.15, 0.2) is 5.82 Å². The smallest absolute Gasteiger partial charge is 0.323 e. The van der Waals surface area contributed by atoms with Crippen molar-refractivity contribution in [1.82, 2.24) is 14.9 Å². The lowest BCUT2D eigenvalue weighted by atomic mass is 10.1. The van der Waals surface area contributed by atoms with Crippen LogP contribution in [0.1, 0.15) is 38.4 Å². The van der Waals surface area contributed by atoms with E-state index in [0.29, 0.717) is 18.4 Å². The molecule has 8 heteroatoms. The highest BCUT2D eigenvalue weighted by Gasteiger charge is 2.25. The maximum Gasteiger partial charge on any atom is 0.324 e. The molecule has 1 aromatic heterocycles. The fourth-order valence-electron chi connectivity index (χ4n) is 2.14. The fraction of sp³-hybridized carbons (Fsp3) is 0.818. The van der Waals surface area contributed by atoms with Crippen molar-refractivity contribution in [3.63, 3.8) is 0 Å². The lowest BCUT2D eigenvalue weighted by Crippen LogP contribution is -2.47. The van der Waals surface area contributed by atoms with E-state index in [1.807, 2.05) is 18.7 Å². The third-order valence-corrected chi connectivity index (χ3v) is 3.78. The number of nitrogens with zero attached hydrogens (tertiary/aromatic N) is 3. The molecule has 0 bridgehead atoms. The summed E-state index contributed by atoms with van der Waals surface area (Å²) >= 11 is 0. The Morgan fingerprint density at radius 2 is 2.21 bits per heavy atom. The van der Waals surface area contributed by atoms with Gasteiger partial charge in [-0.05, 0) is 12.8 Å². The second-order valence-corrected chi connectivity index (χ2v) is 7.05. The number of rotatable bonds is 4. The zero-order chi connectivity index (χ0) is 14.0. The zero-order valence-electron chi connectivity index (χ0n) is 11.5. The fourth-order valence-corrected chi connectivity index (χ4v) is 2.94. The number of hydrogen-bond acceptors (Lipinski definition) is 6. The van der Waals surface area contributed by atoms with Crippen LogP contribution in [0.3, 0.4) is 0 Å². The summed E-state index contributed by atoms with van der Waals surface area (Å²) in [4.78, 5) is 6.27. The molecule has 0 unspecified atom stereocenters. The number of hydrogen-bond donors (Lipinski definition) is 1. The molecule has 0 saturated carbocycles. The first-order valence-corrected chi connectivity index (χ1v) is 8.30. The molecule has 0 aliphatic carbocycles. The lowest BCUT2D eigenvalue weighted by Gasteiger charge is -2.31. The van der Waals surface area contributed by atoms with Crippen LogP contribution in [0.2, 0.25) is 0 Å². The van der Waals surface area contributed by atoms with Gasteiger partial charge in [-0.3, -0.25) is 0 Å². The molecule has 0 amide bonds. The summed E-state index contributed by atoms with van der Waals surface area (Å²) in [6.07, 6.45) is 2.90. The molecule has 1 N–H and O–H groups in total. The number of sulfonamides is 1. The molecule has 1 aromatic rings. The molecule has 0 radical (unpaired) electrons. The van der Waals surface area contributed by atoms with Gasteiger partial charge in [-0.25, -0.2) is 13.1 Å². The maximum atomic E-state index is 11.3. The molecule has 2 rings (SSSR count). The van der Waals surface area contributed by atoms with Crippen LogP contribution >= 0.6 is 0 Å². The quantitative estimate of drug-likeness (QED) is 0.878. The minimum absolute atomic E-state index is 0.0989. The van der Waals surface area contributed by atoms with Crippen LogP contribution in [0.15, 0.2) is 4.52 Å². The molecular formula is C11H20N4O3S. The van der Waals surface area contributed by atoms with Gasteiger partial charge in [-0.2, -0.15) is 4.98 Å². The molecule has 1 aliphatic rings. The highest BCUT2D eigenvalue weighted by molar-refractivity contribution is 7.88. The second kappa shape index (κ2) is 5.46. The van der Waals surface area contributed by atoms with Gasteiger partial charge in [0, 0.05) is 25.0 Å². The summed E-state index contributed by atoms with van der Waals surface area (Å²) in [6, 6.07) is 0.377. The van der Waals surface area contributed by atoms with E-state index in [1.165, 1.54) is 6.26 Å². The van der Waals surface area contributed by atoms with Crippen molar-refractivity contribution in [2.24, 2.45) is 0 Å². The van der Waals surface area contributed by atoms with E-state index in [1.54, 1.807) is 0 Å². The zero-order valence-corrected chi connectivity index (χ0v) is 12.3. The van der Waals surface area contributed by atoms with Crippen LogP contribution in [-0.2, 0) is 10.0 Å². The van der Waals surface area contributed by atoms with Gasteiger partial charge < -0.3 is 9.42 Å². The summed E-state index contributed by atoms with van der Waals surface area (Å²) in [5, 5.41) is 3.92. The molecular weight excluding hydrogens is 268 g/mol. The summed E-state index contributed by atoms with van der Waals surface area (Å²) in [6.45, 7) is 5.37. The van der Waals surface area contributed by atoms with Crippen LogP contribution < -0.4 is 9.62 Å². The molecule has 1 fully saturated rings. The van der Waals surface area contributed by atoms with E-state index in [2.05, 4.69) is 14.9 Å². The number of nitrogens with one attached hydrogen (secondary N) is 1. The Hall–Kier alpha value is -1.15. The predicted octanol–water partition coefficient (Wildman–Crippen LogP) is 0.711. The highest BCUT2D eigenvalue weighted by atomic mass is 32.2. The van der Waals surface area contributed by atoms with E-state index < -0.39 is 10.0 Å². The number of piperidine rings is 1. The van der Waals surface area contributed by atoms with Crippen molar-refractivity contribution in [2.45, 2.75) is 38.6 Å². The molecule has 19 heavy (non-hydrogen) atoms. The number of aromatic nitrogens is 2. The summed E-state index contributed by atoms with van der Waals surface area (Å²) in [7, 11) is -3.18. The normalized spacial score (nSPS) is 21.1. The van der Waals surface area contributed by atoms with Crippen LogP contribution in [0, 0.1) is 0 Å². The molecule has 2 heterocycles. The van der Waals surface area contributed by atoms with E-state index in [-0.39, 0.29) is 12.0 Å². The molecule has 1 atom stereocenters. The first-order valence-electron chi connectivity index (χ1n) is 6.41. The van der Waals surface area contributed by atoms with Crippen molar-refractivity contribution < 1.29 is 12.9 Å². The highest BCUT2D eigenvalue weighted by Crippen LogP contribution is 2.20. The largest absolute Gasteiger partial charge is 0.324 e. The predicted molar refractivity (Wildman–Crippen MR) is 71.6 cm³/mol. The Kier molecular flexibility index (Phi) is 4.10. The third-order valence-electron chi connectivity index (χ3n) is 3.02. The average Bonchev–Trinajstić information content (AvgIpc) is 2.76. The van der Waals surface area contributed by atoms with Crippen molar-refractivity contribution in [3.8, 4) is 0 Å². The Morgan fingerprint density at radius 3 is 2.79 bits per heavy atom. The summed E-state index contributed by atoms with van der Waals surface area (Å²) < 4.78 is 30.4. The van der Waals surface area contributed by atoms with E-state index in [4.69, 9.17) is 4.52 Å². The Labute approximate surface area is 113 Å². The third kappa shape index (κ3) is 3.90. The topological polar surface area (TPSA) is 88.3 Å². The van der Waals surface area contributed by atoms with Crippen molar-refractivity contribution in [2.75, 3.05) is 24.2 Å². The monoisotopic (exact) mass is 288 g/mol. The van der Waals surface area contributed by atoms with Gasteiger partial charge in [0.25, 0.3) is 0 Å². The van der Waals surface area contributed by atoms with Crippen molar-refractivity contribution in [3.05, 3.63) is 5.82 Å². The minimum atomic E-state index is -3.18. The second-order valence-electron chi connectivity index (χ2n) is 5.27. The standard InChI is InChI=1S/C11H20N4O3S/c1-8(2)10-12-11(18-13-10)15-6-4-5-9(7-15)14-19(3,16)17/h8-9,14H,4-7H2,1-3H3/t9-/m1/s1. The van der Waals surface area contributed by atoms with Gasteiger partial charge in [-0.15, -0.1) is 0 Å². The van der Waals surface area contributed by atoms with Crippen LogP contribution in [0.4, 0.5) is 6.01 Å². The molecule has 1 saturated heterocycles. The average molecular weight is 288 g/mol. The van der Waals surface area contributed by atoms with Gasteiger partial charge in [0.1, 0.15) is 0 Å². The van der Waals surface area contributed by atoms with Crippen molar-refractivity contribution in [1.29, 1.82) is 0 Å². The van der Waals surface area contributed by atoms with Gasteiger partial charge in [-0.1, -0.05) is 19.0 Å². The Morgan fingerprint density at radius 1 is 1.47 bits per heavy atom. The first-order chi connectivity index (χ1) is 8.85.